The van der Waals surface area contributed by atoms with E-state index < -0.39 is 149 Å². The van der Waals surface area contributed by atoms with E-state index in [2.05, 4.69) is 0 Å². The number of hydrogen-bond donors (Lipinski definition) is 23. The molecule has 0 heterocycles. The van der Waals surface area contributed by atoms with Crippen molar-refractivity contribution in [2.24, 2.45) is 0 Å². The lowest BCUT2D eigenvalue weighted by Gasteiger charge is -2.22. The van der Waals surface area contributed by atoms with Gasteiger partial charge in [-0.15, -0.1) is 0 Å². The van der Waals surface area contributed by atoms with Crippen LogP contribution in [0.3, 0.4) is 0 Å². The van der Waals surface area contributed by atoms with Crippen molar-refractivity contribution in [3.63, 3.8) is 0 Å². The van der Waals surface area contributed by atoms with Crippen LogP contribution in [-0.2, 0) is 24.0 Å². The number of aliphatic hydroxyl groups is 23. The summed E-state index contributed by atoms with van der Waals surface area (Å²) in [6, 6.07) is 0. The molecule has 0 saturated carbocycles. The summed E-state index contributed by atoms with van der Waals surface area (Å²) >= 11 is 0. The zero-order chi connectivity index (χ0) is 45.5. The Hall–Kier alpha value is -2.57. The highest BCUT2D eigenvalue weighted by Gasteiger charge is 2.31. The van der Waals surface area contributed by atoms with Crippen LogP contribution < -0.4 is 0 Å². The zero-order valence-electron chi connectivity index (χ0n) is 29.2. The third-order valence-electron chi connectivity index (χ3n) is 6.37. The number of Topliss-reactive ketones (excluding diaryl/α,β-unsaturated/α-hetero) is 1. The molecule has 0 aromatic heterocycles. The fourth-order valence-corrected chi connectivity index (χ4v) is 2.67. The summed E-state index contributed by atoms with van der Waals surface area (Å²) in [7, 11) is 0. The molecule has 23 N–H and O–H groups in total. The lowest BCUT2D eigenvalue weighted by molar-refractivity contribution is -0.142. The largest absolute Gasteiger partial charge is 0.394 e. The van der Waals surface area contributed by atoms with Gasteiger partial charge in [-0.05, 0) is 0 Å². The fourth-order valence-electron chi connectivity index (χ4n) is 2.67. The van der Waals surface area contributed by atoms with Gasteiger partial charge in [0.05, 0.1) is 33.0 Å². The molecule has 0 aliphatic rings. The second-order valence-electron chi connectivity index (χ2n) is 10.8. The minimum absolute atomic E-state index is 0.0258. The van der Waals surface area contributed by atoms with Crippen LogP contribution in [0.2, 0.25) is 0 Å². The maximum Gasteiger partial charge on any atom is 0.189 e. The van der Waals surface area contributed by atoms with Gasteiger partial charge in [0.25, 0.3) is 0 Å². The minimum Gasteiger partial charge on any atom is -0.394 e. The summed E-state index contributed by atoms with van der Waals surface area (Å²) < 4.78 is 0. The summed E-state index contributed by atoms with van der Waals surface area (Å²) in [6.07, 6.45) is -28.2. The monoisotopic (exact) mass is 840 g/mol. The van der Waals surface area contributed by atoms with Crippen LogP contribution in [0.1, 0.15) is 0 Å². The maximum atomic E-state index is 10.5. The van der Waals surface area contributed by atoms with Crippen LogP contribution in [0, 0.1) is 0 Å². The minimum atomic E-state index is -1.86. The summed E-state index contributed by atoms with van der Waals surface area (Å²) in [6.45, 7) is -4.58. The predicted molar refractivity (Wildman–Crippen MR) is 174 cm³/mol. The van der Waals surface area contributed by atoms with E-state index in [0.29, 0.717) is 0 Å². The van der Waals surface area contributed by atoms with Crippen molar-refractivity contribution in [1.29, 1.82) is 0 Å². The molecule has 0 aromatic carbocycles. The van der Waals surface area contributed by atoms with Gasteiger partial charge in [-0.1, -0.05) is 0 Å². The van der Waals surface area contributed by atoms with Crippen molar-refractivity contribution in [3.8, 4) is 0 Å². The van der Waals surface area contributed by atoms with E-state index in [9.17, 15) is 24.0 Å². The van der Waals surface area contributed by atoms with Gasteiger partial charge in [0.15, 0.2) is 30.9 Å². The van der Waals surface area contributed by atoms with Gasteiger partial charge in [0.1, 0.15) is 110 Å². The molecule has 17 atom stereocenters. The molecular formula is C28H56O28. The molecular weight excluding hydrogens is 784 g/mol. The lowest BCUT2D eigenvalue weighted by atomic mass is 10.0. The molecule has 0 radical (unpaired) electrons. The summed E-state index contributed by atoms with van der Waals surface area (Å²) in [5.74, 6) is -1.00. The Morgan fingerprint density at radius 1 is 0.321 bits per heavy atom. The van der Waals surface area contributed by atoms with Crippen molar-refractivity contribution >= 4 is 30.9 Å². The first kappa shape index (κ1) is 62.6. The van der Waals surface area contributed by atoms with Gasteiger partial charge in [-0.25, -0.2) is 0 Å². The highest BCUT2D eigenvalue weighted by atomic mass is 16.4. The van der Waals surface area contributed by atoms with E-state index in [0.717, 1.165) is 0 Å². The highest BCUT2D eigenvalue weighted by molar-refractivity contribution is 5.84. The molecule has 28 heteroatoms. The first-order valence-corrected chi connectivity index (χ1v) is 15.5. The van der Waals surface area contributed by atoms with Crippen LogP contribution in [-0.4, -0.2) is 292 Å². The Labute approximate surface area is 316 Å². The second-order valence-corrected chi connectivity index (χ2v) is 10.8. The number of ketones is 1. The molecule has 0 aliphatic heterocycles. The van der Waals surface area contributed by atoms with Crippen molar-refractivity contribution in [1.82, 2.24) is 0 Å². The van der Waals surface area contributed by atoms with Crippen molar-refractivity contribution in [2.75, 3.05) is 39.6 Å². The van der Waals surface area contributed by atoms with E-state index in [-0.39, 0.29) is 25.1 Å². The van der Waals surface area contributed by atoms with E-state index in [4.69, 9.17) is 117 Å². The van der Waals surface area contributed by atoms with Crippen LogP contribution >= 0.6 is 0 Å². The second kappa shape index (κ2) is 36.7. The quantitative estimate of drug-likeness (QED) is 0.0425. The van der Waals surface area contributed by atoms with Crippen LogP contribution in [0.25, 0.3) is 0 Å². The molecule has 56 heavy (non-hydrogen) atoms. The van der Waals surface area contributed by atoms with Crippen molar-refractivity contribution in [2.45, 2.75) is 104 Å². The van der Waals surface area contributed by atoms with Crippen LogP contribution in [0.15, 0.2) is 0 Å². The van der Waals surface area contributed by atoms with Gasteiger partial charge in [-0.2, -0.15) is 0 Å². The number of aldehydes is 4. The molecule has 17 unspecified atom stereocenters. The average molecular weight is 841 g/mol. The van der Waals surface area contributed by atoms with E-state index >= 15 is 0 Å². The Balaban J connectivity index is -0.000000194. The summed E-state index contributed by atoms with van der Waals surface area (Å²) in [5, 5.41) is 198. The molecule has 0 rings (SSSR count). The zero-order valence-corrected chi connectivity index (χ0v) is 29.2. The molecule has 0 bridgehead atoms. The number of carbonyl (C=O) groups is 5. The average Bonchev–Trinajstić information content (AvgIpc) is 3.24. The summed E-state index contributed by atoms with van der Waals surface area (Å²) in [4.78, 5) is 49.8. The molecule has 0 amide bonds. The number of carbonyl (C=O) groups excluding carboxylic acids is 5. The van der Waals surface area contributed by atoms with Crippen molar-refractivity contribution < 1.29 is 141 Å². The van der Waals surface area contributed by atoms with E-state index in [1.165, 1.54) is 0 Å². The van der Waals surface area contributed by atoms with Gasteiger partial charge >= 0.3 is 0 Å². The fraction of sp³-hybridized carbons (Fsp3) is 0.821. The number of aliphatic hydroxyl groups excluding tert-OH is 23. The standard InChI is InChI=1S/3C6H12O6.2C5H10O5/c3*7-1-3(9)5(11)6(12)4(10)2-8;2*6-1-3(8)5(10)4(9)2-7/h3,5-9,11-12H,1-2H2;2*1,3-6,8-12H,2H2;2*1,3-5,7-10H,2H2. The molecule has 0 fully saturated rings. The molecule has 28 nitrogen and oxygen atoms in total. The molecule has 0 saturated heterocycles. The Morgan fingerprint density at radius 3 is 0.714 bits per heavy atom. The Kier molecular flexibility index (Phi) is 41.1. The molecule has 0 aliphatic carbocycles. The van der Waals surface area contributed by atoms with Gasteiger partial charge in [-0.3, -0.25) is 4.79 Å². The third kappa shape index (κ3) is 27.1. The molecule has 336 valence electrons. The molecule has 0 aromatic rings. The molecule has 0 spiro atoms. The topological polar surface area (TPSA) is 551 Å². The van der Waals surface area contributed by atoms with Gasteiger partial charge in [0, 0.05) is 0 Å². The smallest absolute Gasteiger partial charge is 0.189 e. The maximum absolute atomic E-state index is 10.5. The van der Waals surface area contributed by atoms with E-state index in [1.807, 2.05) is 0 Å². The number of rotatable bonds is 23. The summed E-state index contributed by atoms with van der Waals surface area (Å²) in [5.41, 5.74) is 0. The van der Waals surface area contributed by atoms with E-state index in [1.54, 1.807) is 0 Å². The van der Waals surface area contributed by atoms with Crippen molar-refractivity contribution in [3.05, 3.63) is 0 Å². The first-order chi connectivity index (χ1) is 25.9. The first-order valence-electron chi connectivity index (χ1n) is 15.5. The lowest BCUT2D eigenvalue weighted by Crippen LogP contribution is -2.46. The van der Waals surface area contributed by atoms with Crippen LogP contribution in [0.4, 0.5) is 0 Å². The van der Waals surface area contributed by atoms with Crippen LogP contribution in [0.5, 0.6) is 0 Å². The normalized spacial score (nSPS) is 20.0. The van der Waals surface area contributed by atoms with Gasteiger partial charge in [0.2, 0.25) is 0 Å². The SMILES string of the molecule is O=C(CO)C(O)C(O)C(O)CO.O=CC(O)C(O)C(O)C(O)CO.O=CC(O)C(O)C(O)C(O)CO.O=CC(O)C(O)C(O)CO.O=CC(O)C(O)C(O)CO. The Bertz CT molecular complexity index is 920. The predicted octanol–water partition coefficient (Wildman–Crippen LogP) is -15.6. The van der Waals surface area contributed by atoms with Gasteiger partial charge < -0.3 is 137 Å². The highest BCUT2D eigenvalue weighted by Crippen LogP contribution is 2.04. The third-order valence-corrected chi connectivity index (χ3v) is 6.37. The number of hydrogen-bond acceptors (Lipinski definition) is 28. The Morgan fingerprint density at radius 2 is 0.518 bits per heavy atom.